The minimum atomic E-state index is -3.33. The van der Waals surface area contributed by atoms with Crippen LogP contribution in [-0.2, 0) is 23.0 Å². The number of rotatable bonds is 8. The molecular formula is C16H24N4O3S. The van der Waals surface area contributed by atoms with Crippen molar-refractivity contribution in [2.24, 2.45) is 5.92 Å². The molecule has 2 aromatic rings. The molecule has 0 spiro atoms. The van der Waals surface area contributed by atoms with Crippen LogP contribution in [0.5, 0.6) is 5.75 Å². The maximum atomic E-state index is 11.9. The molecule has 0 unspecified atom stereocenters. The van der Waals surface area contributed by atoms with Crippen LogP contribution in [0.25, 0.3) is 0 Å². The van der Waals surface area contributed by atoms with Gasteiger partial charge in [-0.15, -0.1) is 5.10 Å². The summed E-state index contributed by atoms with van der Waals surface area (Å²) in [4.78, 5) is 0. The lowest BCUT2D eigenvalue weighted by molar-refractivity contribution is 0.286. The van der Waals surface area contributed by atoms with Gasteiger partial charge in [0.05, 0.1) is 24.7 Å². The Morgan fingerprint density at radius 2 is 2.08 bits per heavy atom. The van der Waals surface area contributed by atoms with Gasteiger partial charge in [0.2, 0.25) is 10.0 Å². The Morgan fingerprint density at radius 3 is 2.67 bits per heavy atom. The fourth-order valence-electron chi connectivity index (χ4n) is 2.38. The van der Waals surface area contributed by atoms with Gasteiger partial charge >= 0.3 is 0 Å². The molecule has 24 heavy (non-hydrogen) atoms. The second kappa shape index (κ2) is 7.65. The van der Waals surface area contributed by atoms with E-state index in [0.717, 1.165) is 12.0 Å². The van der Waals surface area contributed by atoms with Crippen molar-refractivity contribution >= 4 is 15.7 Å². The molecule has 7 nitrogen and oxygen atoms in total. The van der Waals surface area contributed by atoms with Crippen LogP contribution in [0.3, 0.4) is 0 Å². The van der Waals surface area contributed by atoms with Gasteiger partial charge in [-0.05, 0) is 24.5 Å². The molecule has 1 aromatic heterocycles. The predicted molar refractivity (Wildman–Crippen MR) is 93.7 cm³/mol. The number of hydrogen-bond donors (Lipinski definition) is 0. The fourth-order valence-corrected chi connectivity index (χ4v) is 2.91. The average molecular weight is 352 g/mol. The first-order valence-corrected chi connectivity index (χ1v) is 9.66. The summed E-state index contributed by atoms with van der Waals surface area (Å²) in [5.74, 6) is 1.08. The summed E-state index contributed by atoms with van der Waals surface area (Å²) in [6, 6.07) is 5.49. The molecule has 1 aromatic carbocycles. The quantitative estimate of drug-likeness (QED) is 0.726. The molecule has 0 saturated carbocycles. The second-order valence-electron chi connectivity index (χ2n) is 6.10. The minimum Gasteiger partial charge on any atom is -0.491 e. The molecular weight excluding hydrogens is 328 g/mol. The highest BCUT2D eigenvalue weighted by Crippen LogP contribution is 2.32. The van der Waals surface area contributed by atoms with Crippen molar-refractivity contribution in [3.05, 3.63) is 36.2 Å². The van der Waals surface area contributed by atoms with Crippen LogP contribution in [0, 0.1) is 5.92 Å². The van der Waals surface area contributed by atoms with Gasteiger partial charge in [-0.3, -0.25) is 4.31 Å². The molecule has 1 heterocycles. The zero-order valence-corrected chi connectivity index (χ0v) is 15.3. The topological polar surface area (TPSA) is 77.3 Å². The number of nitrogens with zero attached hydrogens (tertiary/aromatic N) is 4. The van der Waals surface area contributed by atoms with E-state index in [0.29, 0.717) is 30.5 Å². The Hall–Kier alpha value is -2.09. The van der Waals surface area contributed by atoms with Crippen LogP contribution < -0.4 is 9.04 Å². The first kappa shape index (κ1) is 18.3. The molecule has 0 atom stereocenters. The third kappa shape index (κ3) is 4.70. The molecule has 8 heteroatoms. The number of hydrogen-bond acceptors (Lipinski definition) is 5. The van der Waals surface area contributed by atoms with E-state index in [4.69, 9.17) is 4.74 Å². The van der Waals surface area contributed by atoms with Gasteiger partial charge in [0.15, 0.2) is 0 Å². The van der Waals surface area contributed by atoms with Crippen molar-refractivity contribution in [3.8, 4) is 5.75 Å². The largest absolute Gasteiger partial charge is 0.491 e. The van der Waals surface area contributed by atoms with E-state index < -0.39 is 10.0 Å². The summed E-state index contributed by atoms with van der Waals surface area (Å²) < 4.78 is 32.7. The van der Waals surface area contributed by atoms with Crippen molar-refractivity contribution in [1.82, 2.24) is 15.0 Å². The summed E-state index contributed by atoms with van der Waals surface area (Å²) in [6.45, 7) is 5.20. The Morgan fingerprint density at radius 1 is 1.33 bits per heavy atom. The highest BCUT2D eigenvalue weighted by molar-refractivity contribution is 7.92. The number of anilines is 1. The minimum absolute atomic E-state index is 0.372. The van der Waals surface area contributed by atoms with Gasteiger partial charge in [-0.2, -0.15) is 0 Å². The summed E-state index contributed by atoms with van der Waals surface area (Å²) >= 11 is 0. The van der Waals surface area contributed by atoms with E-state index in [9.17, 15) is 8.42 Å². The van der Waals surface area contributed by atoms with Crippen LogP contribution in [-0.4, -0.2) is 43.3 Å². The molecule has 132 valence electrons. The molecule has 0 N–H and O–H groups in total. The molecule has 0 amide bonds. The van der Waals surface area contributed by atoms with E-state index in [1.807, 2.05) is 18.2 Å². The van der Waals surface area contributed by atoms with Crippen LogP contribution in [0.2, 0.25) is 0 Å². The fraction of sp³-hybridized carbons (Fsp3) is 0.500. The summed E-state index contributed by atoms with van der Waals surface area (Å²) in [6.07, 6.45) is 5.32. The Bertz CT molecular complexity index is 758. The zero-order valence-electron chi connectivity index (χ0n) is 14.5. The van der Waals surface area contributed by atoms with Crippen LogP contribution >= 0.6 is 0 Å². The number of ether oxygens (including phenoxy) is 1. The summed E-state index contributed by atoms with van der Waals surface area (Å²) in [7, 11) is -1.77. The van der Waals surface area contributed by atoms with Gasteiger partial charge in [-0.25, -0.2) is 13.1 Å². The number of aromatic nitrogens is 3. The van der Waals surface area contributed by atoms with Crippen molar-refractivity contribution < 1.29 is 13.2 Å². The SMILES string of the molecule is CC(C)Cc1c(OCCn2ccnn2)cccc1N(C)S(C)(=O)=O. The van der Waals surface area contributed by atoms with E-state index in [1.165, 1.54) is 10.6 Å². The lowest BCUT2D eigenvalue weighted by atomic mass is 10.00. The first-order valence-electron chi connectivity index (χ1n) is 7.81. The molecule has 2 rings (SSSR count). The van der Waals surface area contributed by atoms with E-state index in [-0.39, 0.29) is 0 Å². The van der Waals surface area contributed by atoms with Gasteiger partial charge in [-0.1, -0.05) is 25.1 Å². The predicted octanol–water partition coefficient (Wildman–Crippen LogP) is 1.95. The smallest absolute Gasteiger partial charge is 0.232 e. The number of sulfonamides is 1. The van der Waals surface area contributed by atoms with Crippen LogP contribution in [0.1, 0.15) is 19.4 Å². The van der Waals surface area contributed by atoms with Crippen molar-refractivity contribution in [1.29, 1.82) is 0 Å². The van der Waals surface area contributed by atoms with Gasteiger partial charge in [0.25, 0.3) is 0 Å². The van der Waals surface area contributed by atoms with Gasteiger partial charge in [0, 0.05) is 18.8 Å². The summed E-state index contributed by atoms with van der Waals surface area (Å²) in [5, 5.41) is 7.65. The third-order valence-electron chi connectivity index (χ3n) is 3.61. The molecule has 0 aliphatic heterocycles. The van der Waals surface area contributed by atoms with Gasteiger partial charge < -0.3 is 4.74 Å². The van der Waals surface area contributed by atoms with E-state index in [1.54, 1.807) is 24.1 Å². The molecule has 0 aliphatic carbocycles. The van der Waals surface area contributed by atoms with Gasteiger partial charge in [0.1, 0.15) is 12.4 Å². The maximum absolute atomic E-state index is 11.9. The standard InChI is InChI=1S/C16H24N4O3S/c1-13(2)12-14-15(19(3)24(4,21)22)6-5-7-16(14)23-11-10-20-9-8-17-18-20/h5-9,13H,10-12H2,1-4H3. The average Bonchev–Trinajstić information content (AvgIpc) is 3.00. The van der Waals surface area contributed by atoms with E-state index in [2.05, 4.69) is 24.2 Å². The highest BCUT2D eigenvalue weighted by Gasteiger charge is 2.19. The number of benzene rings is 1. The molecule has 0 aliphatic rings. The summed E-state index contributed by atoms with van der Waals surface area (Å²) in [5.41, 5.74) is 1.56. The van der Waals surface area contributed by atoms with Crippen molar-refractivity contribution in [2.75, 3.05) is 24.2 Å². The molecule has 0 radical (unpaired) electrons. The lowest BCUT2D eigenvalue weighted by Crippen LogP contribution is -2.26. The van der Waals surface area contributed by atoms with Crippen molar-refractivity contribution in [3.63, 3.8) is 0 Å². The Labute approximate surface area is 143 Å². The first-order chi connectivity index (χ1) is 11.3. The third-order valence-corrected chi connectivity index (χ3v) is 4.80. The maximum Gasteiger partial charge on any atom is 0.232 e. The zero-order chi connectivity index (χ0) is 17.7. The highest BCUT2D eigenvalue weighted by atomic mass is 32.2. The monoisotopic (exact) mass is 352 g/mol. The second-order valence-corrected chi connectivity index (χ2v) is 8.11. The van der Waals surface area contributed by atoms with Crippen LogP contribution in [0.4, 0.5) is 5.69 Å². The van der Waals surface area contributed by atoms with E-state index >= 15 is 0 Å². The molecule has 0 saturated heterocycles. The Balaban J connectivity index is 2.25. The van der Waals surface area contributed by atoms with Crippen LogP contribution in [0.15, 0.2) is 30.6 Å². The van der Waals surface area contributed by atoms with Crippen molar-refractivity contribution in [2.45, 2.75) is 26.8 Å². The lowest BCUT2D eigenvalue weighted by Gasteiger charge is -2.23. The molecule has 0 bridgehead atoms. The normalized spacial score (nSPS) is 11.7. The Kier molecular flexibility index (Phi) is 5.82. The molecule has 0 fully saturated rings.